The number of halogens is 1. The van der Waals surface area contributed by atoms with Crippen molar-refractivity contribution in [1.82, 2.24) is 5.32 Å². The zero-order chi connectivity index (χ0) is 14.0. The minimum atomic E-state index is -0.0366. The number of hydrogen-bond donors (Lipinski definition) is 1. The van der Waals surface area contributed by atoms with Crippen LogP contribution in [0.1, 0.15) is 20.8 Å². The third kappa shape index (κ3) is 3.61. The van der Waals surface area contributed by atoms with Crippen LogP contribution in [0.3, 0.4) is 0 Å². The van der Waals surface area contributed by atoms with E-state index in [4.69, 9.17) is 16.3 Å². The third-order valence-corrected chi connectivity index (χ3v) is 3.09. The first-order chi connectivity index (χ1) is 8.87. The van der Waals surface area contributed by atoms with Crippen LogP contribution in [-0.2, 0) is 4.79 Å². The van der Waals surface area contributed by atoms with E-state index < -0.39 is 0 Å². The molecular weight excluding hydrogens is 264 g/mol. The van der Waals surface area contributed by atoms with E-state index in [1.54, 1.807) is 23.1 Å². The molecule has 0 aromatic heterocycles. The van der Waals surface area contributed by atoms with Crippen LogP contribution in [-0.4, -0.2) is 31.1 Å². The smallest absolute Gasteiger partial charge is 0.265 e. The highest BCUT2D eigenvalue weighted by atomic mass is 35.5. The van der Waals surface area contributed by atoms with Gasteiger partial charge in [-0.3, -0.25) is 4.79 Å². The van der Waals surface area contributed by atoms with Gasteiger partial charge in [0.1, 0.15) is 5.75 Å². The van der Waals surface area contributed by atoms with Gasteiger partial charge in [0.15, 0.2) is 6.61 Å². The molecule has 1 aliphatic heterocycles. The van der Waals surface area contributed by atoms with Crippen LogP contribution in [0.4, 0.5) is 5.69 Å². The van der Waals surface area contributed by atoms with Crippen LogP contribution in [0.5, 0.6) is 5.75 Å². The van der Waals surface area contributed by atoms with Gasteiger partial charge >= 0.3 is 0 Å². The minimum Gasteiger partial charge on any atom is -0.482 e. The molecule has 1 heterocycles. The molecular formula is C14H19ClN2O2. The number of nitrogens with one attached hydrogen (secondary N) is 1. The molecule has 1 amide bonds. The lowest BCUT2D eigenvalue weighted by Crippen LogP contribution is -2.46. The molecule has 0 atom stereocenters. The highest BCUT2D eigenvalue weighted by Crippen LogP contribution is 2.34. The fourth-order valence-electron chi connectivity index (χ4n) is 1.96. The van der Waals surface area contributed by atoms with E-state index in [2.05, 4.69) is 26.1 Å². The Hall–Kier alpha value is -1.26. The van der Waals surface area contributed by atoms with Gasteiger partial charge < -0.3 is 15.0 Å². The molecule has 0 radical (unpaired) electrons. The molecule has 104 valence electrons. The van der Waals surface area contributed by atoms with Crippen LogP contribution >= 0.6 is 11.6 Å². The van der Waals surface area contributed by atoms with Gasteiger partial charge in [-0.25, -0.2) is 0 Å². The number of anilines is 1. The van der Waals surface area contributed by atoms with Crippen molar-refractivity contribution in [2.75, 3.05) is 24.6 Å². The highest BCUT2D eigenvalue weighted by molar-refractivity contribution is 6.31. The molecule has 0 fully saturated rings. The van der Waals surface area contributed by atoms with Gasteiger partial charge in [-0.05, 0) is 39.0 Å². The number of rotatable bonds is 3. The fraction of sp³-hybridized carbons (Fsp3) is 0.500. The predicted molar refractivity (Wildman–Crippen MR) is 77.1 cm³/mol. The third-order valence-electron chi connectivity index (χ3n) is 2.85. The van der Waals surface area contributed by atoms with Crippen molar-refractivity contribution in [2.45, 2.75) is 26.3 Å². The molecule has 1 aliphatic rings. The number of carbonyl (C=O) groups is 1. The predicted octanol–water partition coefficient (Wildman–Crippen LogP) is 2.45. The van der Waals surface area contributed by atoms with Gasteiger partial charge in [-0.15, -0.1) is 0 Å². The summed E-state index contributed by atoms with van der Waals surface area (Å²) in [4.78, 5) is 13.7. The normalized spacial score (nSPS) is 15.2. The monoisotopic (exact) mass is 282 g/mol. The van der Waals surface area contributed by atoms with Crippen molar-refractivity contribution in [1.29, 1.82) is 0 Å². The summed E-state index contributed by atoms with van der Waals surface area (Å²) in [6, 6.07) is 5.33. The minimum absolute atomic E-state index is 0.0342. The lowest BCUT2D eigenvalue weighted by Gasteiger charge is -2.31. The molecule has 5 heteroatoms. The Morgan fingerprint density at radius 2 is 2.16 bits per heavy atom. The van der Waals surface area contributed by atoms with Crippen LogP contribution in [0, 0.1) is 0 Å². The van der Waals surface area contributed by atoms with Crippen LogP contribution in [0.2, 0.25) is 5.02 Å². The number of nitrogens with zero attached hydrogens (tertiary/aromatic N) is 1. The number of hydrogen-bond acceptors (Lipinski definition) is 3. The maximum absolute atomic E-state index is 12.0. The summed E-state index contributed by atoms with van der Waals surface area (Å²) in [7, 11) is 0. The average molecular weight is 283 g/mol. The molecule has 0 saturated heterocycles. The number of ether oxygens (including phenoxy) is 1. The number of benzene rings is 1. The lowest BCUT2D eigenvalue weighted by molar-refractivity contribution is -0.121. The summed E-state index contributed by atoms with van der Waals surface area (Å²) in [6.07, 6.45) is 0. The largest absolute Gasteiger partial charge is 0.482 e. The first kappa shape index (κ1) is 14.2. The van der Waals surface area contributed by atoms with Gasteiger partial charge in [0.25, 0.3) is 5.91 Å². The Balaban J connectivity index is 2.12. The zero-order valence-corrected chi connectivity index (χ0v) is 12.3. The van der Waals surface area contributed by atoms with Crippen molar-refractivity contribution >= 4 is 23.2 Å². The number of carbonyl (C=O) groups excluding carboxylic acids is 1. The maximum Gasteiger partial charge on any atom is 0.265 e. The molecule has 0 saturated carbocycles. The van der Waals surface area contributed by atoms with Gasteiger partial charge in [0.05, 0.1) is 5.69 Å². The van der Waals surface area contributed by atoms with Crippen molar-refractivity contribution in [3.8, 4) is 5.75 Å². The molecule has 0 spiro atoms. The second-order valence-electron chi connectivity index (χ2n) is 5.62. The van der Waals surface area contributed by atoms with Crippen molar-refractivity contribution < 1.29 is 9.53 Å². The summed E-state index contributed by atoms with van der Waals surface area (Å²) < 4.78 is 5.40. The fourth-order valence-corrected chi connectivity index (χ4v) is 2.13. The maximum atomic E-state index is 12.0. The van der Waals surface area contributed by atoms with Gasteiger partial charge in [0, 0.05) is 23.7 Å². The summed E-state index contributed by atoms with van der Waals surface area (Å²) >= 11 is 5.99. The molecule has 4 nitrogen and oxygen atoms in total. The van der Waals surface area contributed by atoms with Gasteiger partial charge in [0.2, 0.25) is 0 Å². The first-order valence-electron chi connectivity index (χ1n) is 6.34. The summed E-state index contributed by atoms with van der Waals surface area (Å²) in [5.41, 5.74) is 0.784. The van der Waals surface area contributed by atoms with Crippen LogP contribution in [0.15, 0.2) is 18.2 Å². The van der Waals surface area contributed by atoms with E-state index in [0.717, 1.165) is 12.2 Å². The molecule has 1 N–H and O–H groups in total. The Morgan fingerprint density at radius 3 is 2.84 bits per heavy atom. The van der Waals surface area contributed by atoms with Crippen molar-refractivity contribution in [2.24, 2.45) is 0 Å². The van der Waals surface area contributed by atoms with Crippen molar-refractivity contribution in [3.05, 3.63) is 23.2 Å². The van der Waals surface area contributed by atoms with Crippen molar-refractivity contribution in [3.63, 3.8) is 0 Å². The van der Waals surface area contributed by atoms with E-state index >= 15 is 0 Å². The highest BCUT2D eigenvalue weighted by Gasteiger charge is 2.25. The van der Waals surface area contributed by atoms with E-state index in [9.17, 15) is 4.79 Å². The summed E-state index contributed by atoms with van der Waals surface area (Å²) in [5, 5.41) is 3.97. The van der Waals surface area contributed by atoms with E-state index in [1.165, 1.54) is 0 Å². The SMILES string of the molecule is CC(C)(C)NCCN1C(=O)COc2ccc(Cl)cc21. The topological polar surface area (TPSA) is 41.6 Å². The van der Waals surface area contributed by atoms with Crippen LogP contribution < -0.4 is 15.0 Å². The number of amides is 1. The Labute approximate surface area is 118 Å². The number of fused-ring (bicyclic) bond motifs is 1. The van der Waals surface area contributed by atoms with E-state index in [1.807, 2.05) is 0 Å². The summed E-state index contributed by atoms with van der Waals surface area (Å²) in [5.74, 6) is 0.672. The summed E-state index contributed by atoms with van der Waals surface area (Å²) in [6.45, 7) is 7.70. The lowest BCUT2D eigenvalue weighted by atomic mass is 10.1. The molecule has 1 aromatic carbocycles. The molecule has 1 aromatic rings. The Kier molecular flexibility index (Phi) is 4.02. The van der Waals surface area contributed by atoms with E-state index in [-0.39, 0.29) is 18.1 Å². The first-order valence-corrected chi connectivity index (χ1v) is 6.72. The molecule has 2 rings (SSSR count). The molecule has 0 aliphatic carbocycles. The molecule has 19 heavy (non-hydrogen) atoms. The second kappa shape index (κ2) is 5.39. The second-order valence-corrected chi connectivity index (χ2v) is 6.06. The average Bonchev–Trinajstić information content (AvgIpc) is 2.30. The van der Waals surface area contributed by atoms with Gasteiger partial charge in [-0.2, -0.15) is 0 Å². The van der Waals surface area contributed by atoms with Crippen LogP contribution in [0.25, 0.3) is 0 Å². The van der Waals surface area contributed by atoms with Gasteiger partial charge in [-0.1, -0.05) is 11.6 Å². The molecule has 0 unspecified atom stereocenters. The Bertz CT molecular complexity index is 483. The molecule has 0 bridgehead atoms. The zero-order valence-electron chi connectivity index (χ0n) is 11.5. The quantitative estimate of drug-likeness (QED) is 0.926. The Morgan fingerprint density at radius 1 is 1.42 bits per heavy atom. The van der Waals surface area contributed by atoms with E-state index in [0.29, 0.717) is 17.3 Å². The standard InChI is InChI=1S/C14H19ClN2O2/c1-14(2,3)16-6-7-17-11-8-10(15)4-5-12(11)19-9-13(17)18/h4-5,8,16H,6-7,9H2,1-3H3.